The average Bonchev–Trinajstić information content (AvgIpc) is 2.98. The van der Waals surface area contributed by atoms with Crippen LogP contribution in [0.5, 0.6) is 5.75 Å². The van der Waals surface area contributed by atoms with Gasteiger partial charge in [-0.25, -0.2) is 9.97 Å². The van der Waals surface area contributed by atoms with Crippen molar-refractivity contribution in [2.75, 3.05) is 31.7 Å². The highest BCUT2D eigenvalue weighted by Crippen LogP contribution is 2.36. The molecular weight excluding hydrogens is 414 g/mol. The summed E-state index contributed by atoms with van der Waals surface area (Å²) in [6.07, 6.45) is 0.924. The van der Waals surface area contributed by atoms with Gasteiger partial charge in [-0.1, -0.05) is 0 Å². The molecule has 3 heterocycles. The maximum absolute atomic E-state index is 10.5. The predicted octanol–water partition coefficient (Wildman–Crippen LogP) is 2.88. The van der Waals surface area contributed by atoms with Gasteiger partial charge in [-0.15, -0.1) is 11.3 Å². The van der Waals surface area contributed by atoms with Crippen LogP contribution in [0, 0.1) is 13.8 Å². The molecule has 1 atom stereocenters. The Labute approximate surface area is 186 Å². The van der Waals surface area contributed by atoms with Gasteiger partial charge in [0.25, 0.3) is 0 Å². The normalized spacial score (nSPS) is 12.9. The number of ether oxygens (including phenoxy) is 1. The number of aliphatic hydroxyl groups excluding tert-OH is 2. The Morgan fingerprint density at radius 2 is 2.00 bits per heavy atom. The van der Waals surface area contributed by atoms with E-state index in [1.165, 1.54) is 4.88 Å². The van der Waals surface area contributed by atoms with E-state index in [1.54, 1.807) is 29.7 Å². The molecule has 0 aromatic carbocycles. The number of thiophene rings is 1. The predicted molar refractivity (Wildman–Crippen MR) is 125 cm³/mol. The molecule has 0 bridgehead atoms. The number of pyridine rings is 1. The first-order valence-corrected chi connectivity index (χ1v) is 11.1. The van der Waals surface area contributed by atoms with Crippen molar-refractivity contribution in [3.05, 3.63) is 28.8 Å². The topological polar surface area (TPSA) is 104 Å². The Morgan fingerprint density at radius 1 is 1.26 bits per heavy atom. The molecule has 168 valence electrons. The number of nitrogens with one attached hydrogen (secondary N) is 1. The molecule has 3 rings (SSSR count). The number of anilines is 1. The Morgan fingerprint density at radius 3 is 2.68 bits per heavy atom. The summed E-state index contributed by atoms with van der Waals surface area (Å²) in [6.45, 7) is 10.7. The molecule has 0 amide bonds. The summed E-state index contributed by atoms with van der Waals surface area (Å²) < 4.78 is 5.51. The maximum Gasteiger partial charge on any atom is 0.181 e. The number of fused-ring (bicyclic) bond motifs is 1. The van der Waals surface area contributed by atoms with Gasteiger partial charge in [0.15, 0.2) is 5.82 Å². The third kappa shape index (κ3) is 5.68. The standard InChI is InChI=1S/C22H31N5O3S/c1-13-14(2)31-21-18(13)20(27(6)12-17(29)26-22(3,4)5)24-19(25-21)16-11-15(7-8-23-16)30-10-9-28/h7-8,11,17,26,28-29H,9-10,12H2,1-6H3. The van der Waals surface area contributed by atoms with Gasteiger partial charge in [0.05, 0.1) is 18.5 Å². The Balaban J connectivity index is 2.02. The Hall–Kier alpha value is -2.33. The van der Waals surface area contributed by atoms with E-state index in [0.29, 0.717) is 23.8 Å². The highest BCUT2D eigenvalue weighted by molar-refractivity contribution is 7.18. The number of aliphatic hydroxyl groups is 2. The largest absolute Gasteiger partial charge is 0.491 e. The van der Waals surface area contributed by atoms with Gasteiger partial charge >= 0.3 is 0 Å². The van der Waals surface area contributed by atoms with Crippen molar-refractivity contribution in [2.45, 2.75) is 46.4 Å². The molecular formula is C22H31N5O3S. The monoisotopic (exact) mass is 445 g/mol. The van der Waals surface area contributed by atoms with Crippen LogP contribution in [0.4, 0.5) is 5.82 Å². The van der Waals surface area contributed by atoms with E-state index in [4.69, 9.17) is 19.8 Å². The fraction of sp³-hybridized carbons (Fsp3) is 0.500. The van der Waals surface area contributed by atoms with Gasteiger partial charge in [0.2, 0.25) is 0 Å². The minimum atomic E-state index is -0.716. The minimum Gasteiger partial charge on any atom is -0.491 e. The minimum absolute atomic E-state index is 0.0618. The number of rotatable bonds is 8. The maximum atomic E-state index is 10.5. The van der Waals surface area contributed by atoms with Crippen molar-refractivity contribution < 1.29 is 14.9 Å². The lowest BCUT2D eigenvalue weighted by Crippen LogP contribution is -2.48. The van der Waals surface area contributed by atoms with Crippen LogP contribution in [0.2, 0.25) is 0 Å². The molecule has 1 unspecified atom stereocenters. The molecule has 0 spiro atoms. The number of hydrogen-bond acceptors (Lipinski definition) is 9. The van der Waals surface area contributed by atoms with Gasteiger partial charge in [-0.2, -0.15) is 0 Å². The number of likely N-dealkylation sites (N-methyl/N-ethyl adjacent to an activating group) is 1. The van der Waals surface area contributed by atoms with Crippen LogP contribution in [0.15, 0.2) is 18.3 Å². The molecule has 0 aliphatic rings. The molecule has 0 aliphatic heterocycles. The van der Waals surface area contributed by atoms with Crippen molar-refractivity contribution in [1.82, 2.24) is 20.3 Å². The van der Waals surface area contributed by atoms with Gasteiger partial charge in [0, 0.05) is 29.7 Å². The zero-order valence-electron chi connectivity index (χ0n) is 18.9. The molecule has 0 aliphatic carbocycles. The van der Waals surface area contributed by atoms with E-state index in [9.17, 15) is 5.11 Å². The SMILES string of the molecule is Cc1sc2nc(-c3cc(OCCO)ccn3)nc(N(C)CC(O)NC(C)(C)C)c2c1C. The van der Waals surface area contributed by atoms with Gasteiger partial charge in [-0.3, -0.25) is 10.3 Å². The zero-order valence-corrected chi connectivity index (χ0v) is 19.7. The molecule has 0 saturated heterocycles. The van der Waals surface area contributed by atoms with Gasteiger partial charge in [-0.05, 0) is 46.2 Å². The number of nitrogens with zero attached hydrogens (tertiary/aromatic N) is 4. The van der Waals surface area contributed by atoms with E-state index in [-0.39, 0.29) is 18.8 Å². The zero-order chi connectivity index (χ0) is 22.8. The first-order chi connectivity index (χ1) is 14.6. The number of hydrogen-bond donors (Lipinski definition) is 3. The Kier molecular flexibility index (Phi) is 7.10. The van der Waals surface area contributed by atoms with Crippen LogP contribution in [0.1, 0.15) is 31.2 Å². The quantitative estimate of drug-likeness (QED) is 0.455. The van der Waals surface area contributed by atoms with Crippen molar-refractivity contribution in [2.24, 2.45) is 0 Å². The number of aryl methyl sites for hydroxylation is 2. The molecule has 3 aromatic rings. The fourth-order valence-electron chi connectivity index (χ4n) is 3.30. The van der Waals surface area contributed by atoms with Crippen molar-refractivity contribution >= 4 is 27.4 Å². The molecule has 0 radical (unpaired) electrons. The first-order valence-electron chi connectivity index (χ1n) is 10.2. The van der Waals surface area contributed by atoms with Gasteiger partial charge < -0.3 is 19.8 Å². The van der Waals surface area contributed by atoms with Crippen molar-refractivity contribution in [3.8, 4) is 17.3 Å². The highest BCUT2D eigenvalue weighted by Gasteiger charge is 2.22. The lowest BCUT2D eigenvalue weighted by atomic mass is 10.1. The number of aromatic nitrogens is 3. The van der Waals surface area contributed by atoms with Crippen LogP contribution < -0.4 is 15.0 Å². The molecule has 0 saturated carbocycles. The summed E-state index contributed by atoms with van der Waals surface area (Å²) in [7, 11) is 1.92. The second kappa shape index (κ2) is 9.44. The van der Waals surface area contributed by atoms with Crippen LogP contribution in [0.3, 0.4) is 0 Å². The molecule has 3 aromatic heterocycles. The molecule has 8 nitrogen and oxygen atoms in total. The smallest absolute Gasteiger partial charge is 0.181 e. The lowest BCUT2D eigenvalue weighted by molar-refractivity contribution is 0.112. The summed E-state index contributed by atoms with van der Waals surface area (Å²) >= 11 is 1.62. The molecule has 9 heteroatoms. The van der Waals surface area contributed by atoms with E-state index < -0.39 is 6.23 Å². The van der Waals surface area contributed by atoms with E-state index in [1.807, 2.05) is 32.7 Å². The van der Waals surface area contributed by atoms with E-state index >= 15 is 0 Å². The second-order valence-electron chi connectivity index (χ2n) is 8.57. The van der Waals surface area contributed by atoms with Crippen molar-refractivity contribution in [1.29, 1.82) is 0 Å². The molecule has 31 heavy (non-hydrogen) atoms. The van der Waals surface area contributed by atoms with Crippen LogP contribution in [0.25, 0.3) is 21.7 Å². The van der Waals surface area contributed by atoms with E-state index in [0.717, 1.165) is 21.6 Å². The third-order valence-corrected chi connectivity index (χ3v) is 5.84. The fourth-order valence-corrected chi connectivity index (χ4v) is 4.32. The summed E-state index contributed by atoms with van der Waals surface area (Å²) in [4.78, 5) is 18.0. The summed E-state index contributed by atoms with van der Waals surface area (Å²) in [5, 5.41) is 23.7. The van der Waals surface area contributed by atoms with Crippen molar-refractivity contribution in [3.63, 3.8) is 0 Å². The summed E-state index contributed by atoms with van der Waals surface area (Å²) in [5.74, 6) is 1.84. The molecule has 0 fully saturated rings. The first kappa shape index (κ1) is 23.3. The van der Waals surface area contributed by atoms with E-state index in [2.05, 4.69) is 24.1 Å². The average molecular weight is 446 g/mol. The van der Waals surface area contributed by atoms with Crippen LogP contribution in [-0.4, -0.2) is 63.7 Å². The second-order valence-corrected chi connectivity index (χ2v) is 9.78. The van der Waals surface area contributed by atoms with Gasteiger partial charge in [0.1, 0.15) is 34.9 Å². The highest BCUT2D eigenvalue weighted by atomic mass is 32.1. The molecule has 3 N–H and O–H groups in total. The van der Waals surface area contributed by atoms with Crippen LogP contribution in [-0.2, 0) is 0 Å². The third-order valence-electron chi connectivity index (χ3n) is 4.74. The summed E-state index contributed by atoms with van der Waals surface area (Å²) in [5.41, 5.74) is 1.52. The Bertz CT molecular complexity index is 1050. The summed E-state index contributed by atoms with van der Waals surface area (Å²) in [6, 6.07) is 3.50. The lowest BCUT2D eigenvalue weighted by Gasteiger charge is -2.29. The van der Waals surface area contributed by atoms with Crippen LogP contribution >= 0.6 is 11.3 Å².